The number of ether oxygens (including phenoxy) is 2. The standard InChI is InChI=1S/C16H22N4O3/c1-16(2)21-11-15(22-16)14-8-13(9-18-19-17)23-20(14)10-12-6-4-3-5-7-12/h3-7,13-15H,8-11H2,1-2H3/t13-,14+,15-/m1/s1. The third-order valence-electron chi connectivity index (χ3n) is 4.15. The van der Waals surface area contributed by atoms with Gasteiger partial charge in [0.1, 0.15) is 6.10 Å². The molecule has 3 atom stereocenters. The van der Waals surface area contributed by atoms with E-state index >= 15 is 0 Å². The Labute approximate surface area is 135 Å². The van der Waals surface area contributed by atoms with Gasteiger partial charge in [0.15, 0.2) is 5.79 Å². The lowest BCUT2D eigenvalue weighted by molar-refractivity contribution is -0.194. The fourth-order valence-electron chi connectivity index (χ4n) is 3.10. The highest BCUT2D eigenvalue weighted by Crippen LogP contribution is 2.33. The molecule has 1 aromatic rings. The van der Waals surface area contributed by atoms with Crippen molar-refractivity contribution in [3.63, 3.8) is 0 Å². The second-order valence-electron chi connectivity index (χ2n) is 6.37. The first-order valence-corrected chi connectivity index (χ1v) is 7.87. The Morgan fingerprint density at radius 3 is 2.78 bits per heavy atom. The van der Waals surface area contributed by atoms with Crippen molar-refractivity contribution in [3.8, 4) is 0 Å². The molecule has 2 saturated heterocycles. The van der Waals surface area contributed by atoms with E-state index in [1.807, 2.05) is 37.1 Å². The molecule has 7 heteroatoms. The average Bonchev–Trinajstić information content (AvgIpc) is 3.09. The van der Waals surface area contributed by atoms with Gasteiger partial charge in [-0.3, -0.25) is 4.84 Å². The maximum absolute atomic E-state index is 8.52. The zero-order valence-corrected chi connectivity index (χ0v) is 13.5. The van der Waals surface area contributed by atoms with Gasteiger partial charge in [-0.15, -0.1) is 0 Å². The molecular weight excluding hydrogens is 296 g/mol. The Bertz CT molecular complexity index is 574. The molecule has 0 saturated carbocycles. The van der Waals surface area contributed by atoms with Crippen LogP contribution in [0.25, 0.3) is 10.4 Å². The van der Waals surface area contributed by atoms with Crippen molar-refractivity contribution >= 4 is 0 Å². The van der Waals surface area contributed by atoms with Crippen molar-refractivity contribution in [3.05, 3.63) is 46.3 Å². The number of nitrogens with zero attached hydrogens (tertiary/aromatic N) is 4. The fraction of sp³-hybridized carbons (Fsp3) is 0.625. The number of benzene rings is 1. The summed E-state index contributed by atoms with van der Waals surface area (Å²) < 4.78 is 11.7. The van der Waals surface area contributed by atoms with E-state index in [1.54, 1.807) is 0 Å². The summed E-state index contributed by atoms with van der Waals surface area (Å²) in [5.41, 5.74) is 9.68. The van der Waals surface area contributed by atoms with Crippen LogP contribution in [0.15, 0.2) is 35.4 Å². The lowest BCUT2D eigenvalue weighted by atomic mass is 10.0. The number of hydroxylamine groups is 2. The Kier molecular flexibility index (Phi) is 4.84. The molecule has 2 aliphatic heterocycles. The van der Waals surface area contributed by atoms with Crippen LogP contribution in [0.1, 0.15) is 25.8 Å². The number of azide groups is 1. The van der Waals surface area contributed by atoms with Crippen LogP contribution < -0.4 is 0 Å². The Morgan fingerprint density at radius 1 is 1.35 bits per heavy atom. The van der Waals surface area contributed by atoms with Crippen molar-refractivity contribution in [2.24, 2.45) is 5.11 Å². The molecule has 0 N–H and O–H groups in total. The third-order valence-corrected chi connectivity index (χ3v) is 4.15. The summed E-state index contributed by atoms with van der Waals surface area (Å²) in [6.07, 6.45) is 0.590. The van der Waals surface area contributed by atoms with Gasteiger partial charge in [-0.05, 0) is 31.4 Å². The molecule has 0 amide bonds. The maximum atomic E-state index is 8.52. The molecule has 0 aromatic heterocycles. The smallest absolute Gasteiger partial charge is 0.163 e. The number of hydrogen-bond donors (Lipinski definition) is 0. The van der Waals surface area contributed by atoms with E-state index in [-0.39, 0.29) is 18.2 Å². The van der Waals surface area contributed by atoms with E-state index in [0.29, 0.717) is 19.7 Å². The van der Waals surface area contributed by atoms with E-state index in [1.165, 1.54) is 5.56 Å². The van der Waals surface area contributed by atoms with Crippen molar-refractivity contribution in [2.45, 2.75) is 50.8 Å². The molecule has 124 valence electrons. The van der Waals surface area contributed by atoms with Crippen LogP contribution in [0.5, 0.6) is 0 Å². The minimum Gasteiger partial charge on any atom is -0.348 e. The first-order valence-electron chi connectivity index (χ1n) is 7.87. The second-order valence-corrected chi connectivity index (χ2v) is 6.37. The Morgan fingerprint density at radius 2 is 2.13 bits per heavy atom. The second kappa shape index (κ2) is 6.86. The summed E-state index contributed by atoms with van der Waals surface area (Å²) in [6, 6.07) is 10.2. The first kappa shape index (κ1) is 16.2. The van der Waals surface area contributed by atoms with Gasteiger partial charge in [0.25, 0.3) is 0 Å². The molecule has 23 heavy (non-hydrogen) atoms. The molecule has 0 unspecified atom stereocenters. The third kappa shape index (κ3) is 4.02. The molecule has 0 aliphatic carbocycles. The van der Waals surface area contributed by atoms with Gasteiger partial charge in [0, 0.05) is 11.5 Å². The van der Waals surface area contributed by atoms with Crippen LogP contribution in [-0.4, -0.2) is 42.3 Å². The zero-order valence-electron chi connectivity index (χ0n) is 13.5. The van der Waals surface area contributed by atoms with Crippen LogP contribution in [0.4, 0.5) is 0 Å². The summed E-state index contributed by atoms with van der Waals surface area (Å²) in [4.78, 5) is 8.82. The predicted octanol–water partition coefficient (Wildman–Crippen LogP) is 3.02. The van der Waals surface area contributed by atoms with E-state index in [2.05, 4.69) is 22.2 Å². The Balaban J connectivity index is 1.72. The summed E-state index contributed by atoms with van der Waals surface area (Å²) >= 11 is 0. The lowest BCUT2D eigenvalue weighted by Gasteiger charge is -2.27. The number of rotatable bonds is 5. The normalized spacial score (nSPS) is 30.3. The monoisotopic (exact) mass is 318 g/mol. The zero-order chi connectivity index (χ0) is 16.3. The minimum atomic E-state index is -0.564. The van der Waals surface area contributed by atoms with Crippen LogP contribution in [-0.2, 0) is 20.9 Å². The molecule has 0 radical (unpaired) electrons. The molecule has 2 aliphatic rings. The van der Waals surface area contributed by atoms with E-state index < -0.39 is 5.79 Å². The lowest BCUT2D eigenvalue weighted by Crippen LogP contribution is -2.40. The van der Waals surface area contributed by atoms with E-state index in [9.17, 15) is 0 Å². The first-order chi connectivity index (χ1) is 11.1. The van der Waals surface area contributed by atoms with Gasteiger partial charge in [0.2, 0.25) is 0 Å². The average molecular weight is 318 g/mol. The van der Waals surface area contributed by atoms with Crippen molar-refractivity contribution in [2.75, 3.05) is 13.2 Å². The van der Waals surface area contributed by atoms with Crippen LogP contribution in [0.3, 0.4) is 0 Å². The van der Waals surface area contributed by atoms with E-state index in [0.717, 1.165) is 6.42 Å². The molecule has 0 bridgehead atoms. The molecule has 1 aromatic carbocycles. The molecule has 0 spiro atoms. The van der Waals surface area contributed by atoms with Crippen LogP contribution >= 0.6 is 0 Å². The van der Waals surface area contributed by atoms with Gasteiger partial charge in [0.05, 0.1) is 25.3 Å². The molecule has 7 nitrogen and oxygen atoms in total. The SMILES string of the molecule is CC1(C)OC[C@H]([C@@H]2C[C@H](CN=[N+]=[N-])ON2Cc2ccccc2)O1. The van der Waals surface area contributed by atoms with E-state index in [4.69, 9.17) is 19.8 Å². The van der Waals surface area contributed by atoms with Gasteiger partial charge in [-0.2, -0.15) is 5.06 Å². The highest BCUT2D eigenvalue weighted by atomic mass is 16.8. The van der Waals surface area contributed by atoms with Crippen molar-refractivity contribution < 1.29 is 14.3 Å². The van der Waals surface area contributed by atoms with Crippen LogP contribution in [0.2, 0.25) is 0 Å². The van der Waals surface area contributed by atoms with Crippen molar-refractivity contribution in [1.29, 1.82) is 0 Å². The highest BCUT2D eigenvalue weighted by Gasteiger charge is 2.44. The molecule has 3 rings (SSSR count). The largest absolute Gasteiger partial charge is 0.348 e. The van der Waals surface area contributed by atoms with Crippen molar-refractivity contribution in [1.82, 2.24) is 5.06 Å². The Hall–Kier alpha value is -1.63. The predicted molar refractivity (Wildman–Crippen MR) is 84.2 cm³/mol. The summed E-state index contributed by atoms with van der Waals surface area (Å²) in [5, 5.41) is 5.59. The van der Waals surface area contributed by atoms with Gasteiger partial charge < -0.3 is 9.47 Å². The quantitative estimate of drug-likeness (QED) is 0.475. The summed E-state index contributed by atoms with van der Waals surface area (Å²) in [5.74, 6) is -0.564. The molecule has 2 fully saturated rings. The topological polar surface area (TPSA) is 79.7 Å². The molecular formula is C16H22N4O3. The highest BCUT2D eigenvalue weighted by molar-refractivity contribution is 5.14. The van der Waals surface area contributed by atoms with Gasteiger partial charge in [-0.25, -0.2) is 0 Å². The van der Waals surface area contributed by atoms with Gasteiger partial charge in [-0.1, -0.05) is 35.4 Å². The number of hydrogen-bond acceptors (Lipinski definition) is 5. The maximum Gasteiger partial charge on any atom is 0.163 e. The summed E-state index contributed by atoms with van der Waals surface area (Å²) in [6.45, 7) is 5.37. The summed E-state index contributed by atoms with van der Waals surface area (Å²) in [7, 11) is 0. The minimum absolute atomic E-state index is 0.0511. The fourth-order valence-corrected chi connectivity index (χ4v) is 3.10. The van der Waals surface area contributed by atoms with Gasteiger partial charge >= 0.3 is 0 Å². The molecule has 2 heterocycles. The van der Waals surface area contributed by atoms with Crippen LogP contribution in [0, 0.1) is 0 Å².